The molecule has 0 bridgehead atoms. The maximum atomic E-state index is 10.8. The van der Waals surface area contributed by atoms with Gasteiger partial charge in [-0.1, -0.05) is 5.92 Å². The van der Waals surface area contributed by atoms with Crippen LogP contribution in [0.15, 0.2) is 12.1 Å². The third-order valence-corrected chi connectivity index (χ3v) is 1.78. The van der Waals surface area contributed by atoms with Gasteiger partial charge in [0.25, 0.3) is 0 Å². The molecule has 0 aromatic carbocycles. The Hall–Kier alpha value is -2.22. The van der Waals surface area contributed by atoms with E-state index < -0.39 is 5.97 Å². The zero-order valence-electron chi connectivity index (χ0n) is 9.11. The summed E-state index contributed by atoms with van der Waals surface area (Å²) in [4.78, 5) is 14.8. The number of rotatable bonds is 2. The van der Waals surface area contributed by atoms with Gasteiger partial charge in [0, 0.05) is 6.07 Å². The Bertz CT molecular complexity index is 446. The van der Waals surface area contributed by atoms with Crippen molar-refractivity contribution in [1.29, 1.82) is 0 Å². The maximum Gasteiger partial charge on any atom is 0.317 e. The number of ether oxygens (including phenoxy) is 2. The summed E-state index contributed by atoms with van der Waals surface area (Å²) in [7, 11) is 2.81. The first-order valence-electron chi connectivity index (χ1n) is 4.53. The average Bonchev–Trinajstić information content (AvgIpc) is 2.31. The van der Waals surface area contributed by atoms with Crippen LogP contribution in [0.1, 0.15) is 12.1 Å². The largest absolute Gasteiger partial charge is 0.481 e. The number of hydrogen-bond acceptors (Lipinski definition) is 5. The summed E-state index contributed by atoms with van der Waals surface area (Å²) in [5.74, 6) is 5.34. The van der Waals surface area contributed by atoms with Crippen LogP contribution in [-0.2, 0) is 9.53 Å². The van der Waals surface area contributed by atoms with Crippen molar-refractivity contribution in [2.45, 2.75) is 6.42 Å². The van der Waals surface area contributed by atoms with E-state index in [0.29, 0.717) is 17.3 Å². The summed E-state index contributed by atoms with van der Waals surface area (Å²) in [6.45, 7) is 0. The molecule has 2 N–H and O–H groups in total. The van der Waals surface area contributed by atoms with Crippen LogP contribution in [0.3, 0.4) is 0 Å². The van der Waals surface area contributed by atoms with Crippen LogP contribution < -0.4 is 10.5 Å². The predicted molar refractivity (Wildman–Crippen MR) is 58.7 cm³/mol. The Balaban J connectivity index is 2.83. The second-order valence-corrected chi connectivity index (χ2v) is 2.85. The lowest BCUT2D eigenvalue weighted by molar-refractivity contribution is -0.139. The SMILES string of the molecule is COC(=O)CC#Cc1nc(OC)ccc1N. The standard InChI is InChI=1S/C11H12N2O3/c1-15-10-7-6-8(12)9(13-10)4-3-5-11(14)16-2/h6-7H,5,12H2,1-2H3. The van der Waals surface area contributed by atoms with E-state index in [1.165, 1.54) is 14.2 Å². The summed E-state index contributed by atoms with van der Waals surface area (Å²) in [6.07, 6.45) is 0.00876. The van der Waals surface area contributed by atoms with E-state index in [0.717, 1.165) is 0 Å². The first kappa shape index (κ1) is 11.9. The van der Waals surface area contributed by atoms with Gasteiger partial charge in [-0.2, -0.15) is 0 Å². The normalized spacial score (nSPS) is 8.88. The molecule has 0 aliphatic heterocycles. The lowest BCUT2D eigenvalue weighted by Crippen LogP contribution is -1.98. The molecule has 0 fully saturated rings. The summed E-state index contributed by atoms with van der Waals surface area (Å²) in [6, 6.07) is 3.29. The highest BCUT2D eigenvalue weighted by atomic mass is 16.5. The fourth-order valence-corrected chi connectivity index (χ4v) is 0.938. The van der Waals surface area contributed by atoms with Gasteiger partial charge in [0.15, 0.2) is 0 Å². The summed E-state index contributed by atoms with van der Waals surface area (Å²) >= 11 is 0. The molecule has 5 heteroatoms. The van der Waals surface area contributed by atoms with Gasteiger partial charge in [-0.15, -0.1) is 0 Å². The van der Waals surface area contributed by atoms with Gasteiger partial charge in [-0.05, 0) is 12.0 Å². The van der Waals surface area contributed by atoms with Crippen molar-refractivity contribution < 1.29 is 14.3 Å². The number of nitrogen functional groups attached to an aromatic ring is 1. The molecule has 16 heavy (non-hydrogen) atoms. The van der Waals surface area contributed by atoms with Crippen molar-refractivity contribution in [3.05, 3.63) is 17.8 Å². The molecular weight excluding hydrogens is 208 g/mol. The number of methoxy groups -OCH3 is 2. The smallest absolute Gasteiger partial charge is 0.317 e. The number of anilines is 1. The van der Waals surface area contributed by atoms with Gasteiger partial charge in [-0.3, -0.25) is 4.79 Å². The molecule has 0 radical (unpaired) electrons. The van der Waals surface area contributed by atoms with Crippen LogP contribution in [0.5, 0.6) is 5.88 Å². The molecule has 1 aromatic heterocycles. The van der Waals surface area contributed by atoms with E-state index in [4.69, 9.17) is 10.5 Å². The topological polar surface area (TPSA) is 74.4 Å². The maximum absolute atomic E-state index is 10.8. The van der Waals surface area contributed by atoms with Crippen molar-refractivity contribution in [1.82, 2.24) is 4.98 Å². The molecule has 1 heterocycles. The van der Waals surface area contributed by atoms with Gasteiger partial charge < -0.3 is 15.2 Å². The number of nitrogens with zero attached hydrogens (tertiary/aromatic N) is 1. The number of nitrogens with two attached hydrogens (primary N) is 1. The van der Waals surface area contributed by atoms with Gasteiger partial charge in [0.2, 0.25) is 5.88 Å². The average molecular weight is 220 g/mol. The minimum atomic E-state index is -0.394. The van der Waals surface area contributed by atoms with E-state index in [1.807, 2.05) is 0 Å². The fourth-order valence-electron chi connectivity index (χ4n) is 0.938. The molecule has 0 aliphatic rings. The van der Waals surface area contributed by atoms with Crippen LogP contribution in [0.25, 0.3) is 0 Å². The highest BCUT2D eigenvalue weighted by Gasteiger charge is 2.00. The Morgan fingerprint density at radius 3 is 2.88 bits per heavy atom. The molecule has 0 amide bonds. The number of aromatic nitrogens is 1. The van der Waals surface area contributed by atoms with Crippen LogP contribution >= 0.6 is 0 Å². The third kappa shape index (κ3) is 3.17. The minimum Gasteiger partial charge on any atom is -0.481 e. The Morgan fingerprint density at radius 1 is 1.50 bits per heavy atom. The molecule has 0 aliphatic carbocycles. The zero-order chi connectivity index (χ0) is 12.0. The van der Waals surface area contributed by atoms with E-state index in [2.05, 4.69) is 21.6 Å². The first-order valence-corrected chi connectivity index (χ1v) is 4.53. The number of carbonyl (C=O) groups is 1. The van der Waals surface area contributed by atoms with Crippen molar-refractivity contribution in [3.8, 4) is 17.7 Å². The highest BCUT2D eigenvalue weighted by molar-refractivity contribution is 5.72. The second kappa shape index (κ2) is 5.61. The molecule has 1 rings (SSSR count). The first-order chi connectivity index (χ1) is 7.67. The molecular formula is C11H12N2O3. The van der Waals surface area contributed by atoms with Gasteiger partial charge >= 0.3 is 5.97 Å². The third-order valence-electron chi connectivity index (χ3n) is 1.78. The highest BCUT2D eigenvalue weighted by Crippen LogP contribution is 2.13. The molecule has 0 saturated heterocycles. The van der Waals surface area contributed by atoms with E-state index in [1.54, 1.807) is 12.1 Å². The van der Waals surface area contributed by atoms with Gasteiger partial charge in [0.1, 0.15) is 12.1 Å². The van der Waals surface area contributed by atoms with E-state index in [9.17, 15) is 4.79 Å². The van der Waals surface area contributed by atoms with Crippen LogP contribution in [0.4, 0.5) is 5.69 Å². The predicted octanol–water partition coefficient (Wildman–Crippen LogP) is 0.587. The number of carbonyl (C=O) groups excluding carboxylic acids is 1. The minimum absolute atomic E-state index is 0.00876. The van der Waals surface area contributed by atoms with Crippen LogP contribution in [0, 0.1) is 11.8 Å². The molecule has 5 nitrogen and oxygen atoms in total. The van der Waals surface area contributed by atoms with Crippen molar-refractivity contribution in [2.75, 3.05) is 20.0 Å². The quantitative estimate of drug-likeness (QED) is 0.583. The summed E-state index contributed by atoms with van der Waals surface area (Å²) in [5.41, 5.74) is 6.49. The van der Waals surface area contributed by atoms with E-state index >= 15 is 0 Å². The molecule has 0 atom stereocenters. The number of hydrogen-bond donors (Lipinski definition) is 1. The van der Waals surface area contributed by atoms with Crippen molar-refractivity contribution >= 4 is 11.7 Å². The molecule has 0 spiro atoms. The molecule has 1 aromatic rings. The fraction of sp³-hybridized carbons (Fsp3) is 0.273. The van der Waals surface area contributed by atoms with Crippen LogP contribution in [0.2, 0.25) is 0 Å². The van der Waals surface area contributed by atoms with Gasteiger partial charge in [-0.25, -0.2) is 4.98 Å². The molecule has 0 saturated carbocycles. The number of esters is 1. The lowest BCUT2D eigenvalue weighted by Gasteiger charge is -2.00. The summed E-state index contributed by atoms with van der Waals surface area (Å²) in [5, 5.41) is 0. The molecule has 84 valence electrons. The Kier molecular flexibility index (Phi) is 4.16. The second-order valence-electron chi connectivity index (χ2n) is 2.85. The lowest BCUT2D eigenvalue weighted by atomic mass is 10.3. The van der Waals surface area contributed by atoms with Gasteiger partial charge in [0.05, 0.1) is 19.9 Å². The Morgan fingerprint density at radius 2 is 2.25 bits per heavy atom. The summed E-state index contributed by atoms with van der Waals surface area (Å²) < 4.78 is 9.38. The van der Waals surface area contributed by atoms with E-state index in [-0.39, 0.29) is 6.42 Å². The number of pyridine rings is 1. The zero-order valence-corrected chi connectivity index (χ0v) is 9.11. The monoisotopic (exact) mass is 220 g/mol. The molecule has 0 unspecified atom stereocenters. The van der Waals surface area contributed by atoms with Crippen LogP contribution in [-0.4, -0.2) is 25.2 Å². The van der Waals surface area contributed by atoms with Crippen molar-refractivity contribution in [2.24, 2.45) is 0 Å². The Labute approximate surface area is 93.6 Å². The van der Waals surface area contributed by atoms with Crippen molar-refractivity contribution in [3.63, 3.8) is 0 Å².